The highest BCUT2D eigenvalue weighted by molar-refractivity contribution is 7.89. The van der Waals surface area contributed by atoms with Crippen LogP contribution in [0.15, 0.2) is 0 Å². The maximum atomic E-state index is 12.7. The molecule has 0 aliphatic carbocycles. The Balaban J connectivity index is 2.27. The van der Waals surface area contributed by atoms with E-state index >= 15 is 0 Å². The number of alkyl halides is 3. The molecular formula is C10H16F3N5O2S. The van der Waals surface area contributed by atoms with Crippen LogP contribution < -0.4 is 5.73 Å². The van der Waals surface area contributed by atoms with E-state index in [1.54, 1.807) is 6.92 Å². The normalized spacial score (nSPS) is 18.5. The number of hydrogen-bond donors (Lipinski definition) is 1. The molecule has 0 radical (unpaired) electrons. The molecule has 7 nitrogen and oxygen atoms in total. The average molecular weight is 327 g/mol. The van der Waals surface area contributed by atoms with Crippen molar-refractivity contribution in [1.82, 2.24) is 19.1 Å². The fourth-order valence-corrected chi connectivity index (χ4v) is 3.99. The first-order valence-electron chi connectivity index (χ1n) is 6.40. The molecule has 0 bridgehead atoms. The van der Waals surface area contributed by atoms with Crippen molar-refractivity contribution in [2.45, 2.75) is 37.9 Å². The number of fused-ring (bicyclic) bond motifs is 1. The van der Waals surface area contributed by atoms with Crippen molar-refractivity contribution in [2.24, 2.45) is 5.73 Å². The van der Waals surface area contributed by atoms with Crippen molar-refractivity contribution in [3.05, 3.63) is 11.6 Å². The lowest BCUT2D eigenvalue weighted by Gasteiger charge is -2.30. The van der Waals surface area contributed by atoms with E-state index in [0.29, 0.717) is 6.42 Å². The molecule has 0 fully saturated rings. The Hall–Kier alpha value is -1.20. The van der Waals surface area contributed by atoms with E-state index < -0.39 is 27.3 Å². The summed E-state index contributed by atoms with van der Waals surface area (Å²) in [6.07, 6.45) is -4.26. The van der Waals surface area contributed by atoms with Crippen molar-refractivity contribution in [1.29, 1.82) is 0 Å². The summed E-state index contributed by atoms with van der Waals surface area (Å²) in [7, 11) is -3.65. The molecule has 0 aromatic carbocycles. The quantitative estimate of drug-likeness (QED) is 0.851. The van der Waals surface area contributed by atoms with E-state index in [1.807, 2.05) is 0 Å². The molecule has 1 aliphatic heterocycles. The Morgan fingerprint density at radius 2 is 2.00 bits per heavy atom. The van der Waals surface area contributed by atoms with E-state index in [-0.39, 0.29) is 32.0 Å². The Bertz CT molecular complexity index is 609. The lowest BCUT2D eigenvalue weighted by atomic mass is 10.3. The summed E-state index contributed by atoms with van der Waals surface area (Å²) in [6, 6.07) is 0. The predicted molar refractivity (Wildman–Crippen MR) is 67.5 cm³/mol. The topological polar surface area (TPSA) is 94.1 Å². The van der Waals surface area contributed by atoms with Gasteiger partial charge in [-0.15, -0.1) is 10.2 Å². The Labute approximate surface area is 120 Å². The van der Waals surface area contributed by atoms with E-state index in [0.717, 1.165) is 8.87 Å². The molecule has 0 amide bonds. The van der Waals surface area contributed by atoms with E-state index in [2.05, 4.69) is 10.2 Å². The SMILES string of the molecule is CCC(CN)S(=O)(=O)N1CCn2c(nnc2C(F)(F)F)C1. The van der Waals surface area contributed by atoms with Gasteiger partial charge in [0.05, 0.1) is 11.8 Å². The molecule has 11 heteroatoms. The Morgan fingerprint density at radius 3 is 2.52 bits per heavy atom. The first-order chi connectivity index (χ1) is 9.71. The van der Waals surface area contributed by atoms with E-state index in [1.165, 1.54) is 0 Å². The van der Waals surface area contributed by atoms with Gasteiger partial charge in [0.2, 0.25) is 15.8 Å². The Kier molecular flexibility index (Phi) is 4.26. The molecule has 0 spiro atoms. The van der Waals surface area contributed by atoms with Crippen molar-refractivity contribution in [3.8, 4) is 0 Å². The van der Waals surface area contributed by atoms with Crippen LogP contribution >= 0.6 is 0 Å². The molecule has 2 rings (SSSR count). The minimum absolute atomic E-state index is 0.0102. The highest BCUT2D eigenvalue weighted by Crippen LogP contribution is 2.30. The van der Waals surface area contributed by atoms with Gasteiger partial charge >= 0.3 is 6.18 Å². The van der Waals surface area contributed by atoms with Gasteiger partial charge in [0, 0.05) is 19.6 Å². The zero-order chi connectivity index (χ0) is 15.8. The number of aromatic nitrogens is 3. The van der Waals surface area contributed by atoms with Crippen LogP contribution in [0.5, 0.6) is 0 Å². The first-order valence-corrected chi connectivity index (χ1v) is 7.90. The molecule has 21 heavy (non-hydrogen) atoms. The molecule has 120 valence electrons. The van der Waals surface area contributed by atoms with Gasteiger partial charge in [-0.05, 0) is 6.42 Å². The van der Waals surface area contributed by atoms with Crippen molar-refractivity contribution in [2.75, 3.05) is 13.1 Å². The molecule has 1 atom stereocenters. The van der Waals surface area contributed by atoms with Gasteiger partial charge in [-0.1, -0.05) is 6.92 Å². The third kappa shape index (κ3) is 2.90. The van der Waals surface area contributed by atoms with Crippen LogP contribution in [0.3, 0.4) is 0 Å². The number of rotatable bonds is 4. The van der Waals surface area contributed by atoms with Crippen molar-refractivity contribution in [3.63, 3.8) is 0 Å². The minimum atomic E-state index is -4.60. The largest absolute Gasteiger partial charge is 0.451 e. The summed E-state index contributed by atoms with van der Waals surface area (Å²) in [4.78, 5) is 0. The monoisotopic (exact) mass is 327 g/mol. The number of hydrogen-bond acceptors (Lipinski definition) is 5. The standard InChI is InChI=1S/C10H16F3N5O2S/c1-2-7(5-14)21(19,20)17-3-4-18-8(6-17)15-16-9(18)10(11,12)13/h7H,2-6,14H2,1H3. The molecule has 1 unspecified atom stereocenters. The number of sulfonamides is 1. The first kappa shape index (κ1) is 16.2. The van der Waals surface area contributed by atoms with Crippen LogP contribution in [0, 0.1) is 0 Å². The van der Waals surface area contributed by atoms with Crippen LogP contribution in [-0.2, 0) is 29.3 Å². The van der Waals surface area contributed by atoms with Crippen LogP contribution in [0.25, 0.3) is 0 Å². The van der Waals surface area contributed by atoms with E-state index in [9.17, 15) is 21.6 Å². The van der Waals surface area contributed by atoms with Crippen LogP contribution in [0.4, 0.5) is 13.2 Å². The van der Waals surface area contributed by atoms with Crippen LogP contribution in [-0.4, -0.2) is 45.8 Å². The third-order valence-corrected chi connectivity index (χ3v) is 5.87. The van der Waals surface area contributed by atoms with Crippen molar-refractivity contribution >= 4 is 10.0 Å². The fraction of sp³-hybridized carbons (Fsp3) is 0.800. The highest BCUT2D eigenvalue weighted by atomic mass is 32.2. The summed E-state index contributed by atoms with van der Waals surface area (Å²) >= 11 is 0. The zero-order valence-corrected chi connectivity index (χ0v) is 12.2. The second-order valence-electron chi connectivity index (χ2n) is 4.73. The van der Waals surface area contributed by atoms with Crippen LogP contribution in [0.2, 0.25) is 0 Å². The maximum Gasteiger partial charge on any atom is 0.451 e. The molecular weight excluding hydrogens is 311 g/mol. The molecule has 2 heterocycles. The smallest absolute Gasteiger partial charge is 0.329 e. The molecule has 1 aromatic rings. The summed E-state index contributed by atoms with van der Waals surface area (Å²) in [5.41, 5.74) is 5.44. The van der Waals surface area contributed by atoms with E-state index in [4.69, 9.17) is 5.73 Å². The summed E-state index contributed by atoms with van der Waals surface area (Å²) in [6.45, 7) is 1.27. The van der Waals surface area contributed by atoms with Gasteiger partial charge in [-0.3, -0.25) is 0 Å². The van der Waals surface area contributed by atoms with Crippen LogP contribution in [0.1, 0.15) is 25.0 Å². The Morgan fingerprint density at radius 1 is 1.33 bits per heavy atom. The van der Waals surface area contributed by atoms with Crippen molar-refractivity contribution < 1.29 is 21.6 Å². The average Bonchev–Trinajstić information content (AvgIpc) is 2.82. The highest BCUT2D eigenvalue weighted by Gasteiger charge is 2.41. The second-order valence-corrected chi connectivity index (χ2v) is 6.95. The summed E-state index contributed by atoms with van der Waals surface area (Å²) in [5.74, 6) is -1.11. The molecule has 0 saturated carbocycles. The molecule has 1 aromatic heterocycles. The number of nitrogens with two attached hydrogens (primary N) is 1. The third-order valence-electron chi connectivity index (χ3n) is 3.47. The van der Waals surface area contributed by atoms with Gasteiger partial charge in [-0.25, -0.2) is 8.42 Å². The lowest BCUT2D eigenvalue weighted by Crippen LogP contribution is -2.45. The second kappa shape index (κ2) is 5.54. The molecule has 0 saturated heterocycles. The maximum absolute atomic E-state index is 12.7. The lowest BCUT2D eigenvalue weighted by molar-refractivity contribution is -0.147. The zero-order valence-electron chi connectivity index (χ0n) is 11.3. The van der Waals surface area contributed by atoms with Gasteiger partial charge in [0.15, 0.2) is 0 Å². The molecule has 2 N–H and O–H groups in total. The van der Waals surface area contributed by atoms with Gasteiger partial charge in [0.25, 0.3) is 0 Å². The summed E-state index contributed by atoms with van der Waals surface area (Å²) in [5, 5.41) is 5.82. The van der Waals surface area contributed by atoms with Gasteiger partial charge < -0.3 is 10.3 Å². The van der Waals surface area contributed by atoms with Gasteiger partial charge in [0.1, 0.15) is 5.82 Å². The predicted octanol–water partition coefficient (Wildman–Crippen LogP) is 0.180. The minimum Gasteiger partial charge on any atom is -0.329 e. The fourth-order valence-electron chi connectivity index (χ4n) is 2.27. The van der Waals surface area contributed by atoms with Gasteiger partial charge in [-0.2, -0.15) is 17.5 Å². The molecule has 1 aliphatic rings. The number of nitrogens with zero attached hydrogens (tertiary/aromatic N) is 4. The summed E-state index contributed by atoms with van der Waals surface area (Å²) < 4.78 is 64.8. The number of halogens is 3.